The van der Waals surface area contributed by atoms with Crippen LogP contribution in [0.1, 0.15) is 77.6 Å². The van der Waals surface area contributed by atoms with E-state index in [4.69, 9.17) is 33.9 Å². The number of aliphatic hydroxyl groups is 1. The smallest absolute Gasteiger partial charge is 0.407 e. The Morgan fingerprint density at radius 3 is 1.24 bits per heavy atom. The lowest BCUT2D eigenvalue weighted by molar-refractivity contribution is -0.143. The maximum atomic E-state index is 11.5. The normalized spacial score (nSPS) is 13.8. The number of esters is 2. The highest BCUT2D eigenvalue weighted by molar-refractivity contribution is 9.09. The lowest BCUT2D eigenvalue weighted by Gasteiger charge is -2.14. The Morgan fingerprint density at radius 1 is 0.614 bits per heavy atom. The number of likely N-dealkylation sites (N-methyl/N-ethyl adjacent to an activating group) is 3. The van der Waals surface area contributed by atoms with Gasteiger partial charge in [-0.3, -0.25) is 9.59 Å². The summed E-state index contributed by atoms with van der Waals surface area (Å²) in [5.41, 5.74) is 4.40. The summed E-state index contributed by atoms with van der Waals surface area (Å²) in [5.74, 6) is 2.29. The quantitative estimate of drug-likeness (QED) is 0.0283. The van der Waals surface area contributed by atoms with Crippen molar-refractivity contribution in [2.75, 3.05) is 48.6 Å². The summed E-state index contributed by atoms with van der Waals surface area (Å²) in [5, 5.41) is 29.8. The number of alkyl carbamates (subject to hydrolysis) is 1. The Hall–Kier alpha value is -5.39. The minimum Gasteiger partial charge on any atom is -0.508 e. The second-order valence-electron chi connectivity index (χ2n) is 17.3. The van der Waals surface area contributed by atoms with E-state index in [9.17, 15) is 14.4 Å². The monoisotopic (exact) mass is 1040 g/mol. The van der Waals surface area contributed by atoms with Crippen molar-refractivity contribution >= 4 is 34.0 Å². The third-order valence-electron chi connectivity index (χ3n) is 9.70. The van der Waals surface area contributed by atoms with Gasteiger partial charge in [-0.2, -0.15) is 0 Å². The highest BCUT2D eigenvalue weighted by Crippen LogP contribution is 2.18. The molecule has 70 heavy (non-hydrogen) atoms. The fourth-order valence-electron chi connectivity index (χ4n) is 6.29. The van der Waals surface area contributed by atoms with E-state index < -0.39 is 0 Å². The molecule has 16 heteroatoms. The number of carbonyl (C=O) groups is 3. The van der Waals surface area contributed by atoms with Gasteiger partial charge in [0.2, 0.25) is 0 Å². The fraction of sp³-hybridized carbons (Fsp3) is 0.500. The molecule has 1 heterocycles. The van der Waals surface area contributed by atoms with Gasteiger partial charge in [0.05, 0.1) is 45.2 Å². The number of halogens is 1. The van der Waals surface area contributed by atoms with Crippen LogP contribution in [0.4, 0.5) is 4.79 Å². The van der Waals surface area contributed by atoms with E-state index in [1.807, 2.05) is 121 Å². The molecule has 15 nitrogen and oxygen atoms in total. The summed E-state index contributed by atoms with van der Waals surface area (Å²) in [4.78, 5) is 34.2. The van der Waals surface area contributed by atoms with Crippen molar-refractivity contribution in [1.82, 2.24) is 21.3 Å². The molecule has 1 aliphatic rings. The summed E-state index contributed by atoms with van der Waals surface area (Å²) in [6, 6.07) is 30.0. The molecule has 0 saturated carbocycles. The maximum Gasteiger partial charge on any atom is 0.407 e. The Labute approximate surface area is 425 Å². The first-order valence-electron chi connectivity index (χ1n) is 23.7. The van der Waals surface area contributed by atoms with E-state index >= 15 is 0 Å². The van der Waals surface area contributed by atoms with Gasteiger partial charge in [0.25, 0.3) is 0 Å². The van der Waals surface area contributed by atoms with Crippen molar-refractivity contribution in [2.45, 2.75) is 128 Å². The zero-order valence-corrected chi connectivity index (χ0v) is 45.1. The number of aromatic hydroxyl groups is 1. The molecule has 1 unspecified atom stereocenters. The lowest BCUT2D eigenvalue weighted by atomic mass is 10.1. The Kier molecular flexibility index (Phi) is 31.9. The summed E-state index contributed by atoms with van der Waals surface area (Å²) < 4.78 is 30.9. The van der Waals surface area contributed by atoms with Gasteiger partial charge in [-0.05, 0) is 159 Å². The molecule has 0 aliphatic carbocycles. The van der Waals surface area contributed by atoms with Gasteiger partial charge in [-0.15, -0.1) is 0 Å². The standard InChI is InChI=1S/C14H21NO3.C13H17NO3.C13H21NO2.C11H15NO3.C3H7Br/c1-10(2)18-12-7-5-11(6-8-12)9-13(15-3)14(16)17-4;1-9(2)17-12-5-3-10(4-6-12)7-11-8-16-13(15)14-11;1-10(2)16-13-6-4-11(5-7-13)8-12(9-15)14-3;1-12-10(11(14)15-2)7-8-3-5-9(13)6-4-8;1-3(2)4/h5-8,10,13,15H,9H2,1-4H3;3-6,9,11H,7-8H2,1-2H3,(H,14,15);4-7,10,12,14-15H,8-9H2,1-3H3;3-6,10,12-13H,7H2,1-2H3;3H,1-2H3/t13-;;12-;10-;/m0.00./s1. The summed E-state index contributed by atoms with van der Waals surface area (Å²) >= 11 is 3.27. The molecule has 4 aromatic rings. The molecule has 1 fully saturated rings. The SMILES string of the molecule is CC(C)Br.CC(C)Oc1ccc(CC2COC(=O)N2)cc1.CN[C@@H](Cc1ccc(O)cc1)C(=O)OC.CN[C@@H](Cc1ccc(OC(C)C)cc1)C(=O)OC.CN[C@H](CO)Cc1ccc(OC(C)C)cc1. The zero-order valence-electron chi connectivity index (χ0n) is 43.5. The van der Waals surface area contributed by atoms with Gasteiger partial charge in [0, 0.05) is 10.9 Å². The Balaban J connectivity index is 0.000000455. The van der Waals surface area contributed by atoms with E-state index in [2.05, 4.69) is 55.8 Å². The second-order valence-corrected chi connectivity index (χ2v) is 19.1. The van der Waals surface area contributed by atoms with Crippen LogP contribution in [0.15, 0.2) is 97.1 Å². The predicted octanol–water partition coefficient (Wildman–Crippen LogP) is 7.98. The molecule has 1 aliphatic heterocycles. The molecule has 0 spiro atoms. The van der Waals surface area contributed by atoms with Gasteiger partial charge >= 0.3 is 18.0 Å². The van der Waals surface area contributed by atoms with Crippen molar-refractivity contribution in [3.8, 4) is 23.0 Å². The van der Waals surface area contributed by atoms with Crippen molar-refractivity contribution < 1.29 is 53.0 Å². The average molecular weight is 1040 g/mol. The second kappa shape index (κ2) is 35.7. The van der Waals surface area contributed by atoms with Crippen LogP contribution >= 0.6 is 15.9 Å². The summed E-state index contributed by atoms with van der Waals surface area (Å²) in [6.07, 6.45) is 2.99. The number of hydrogen-bond acceptors (Lipinski definition) is 14. The zero-order chi connectivity index (χ0) is 52.6. The van der Waals surface area contributed by atoms with Crippen LogP contribution in [0.25, 0.3) is 0 Å². The van der Waals surface area contributed by atoms with Crippen molar-refractivity contribution in [3.63, 3.8) is 0 Å². The Morgan fingerprint density at radius 2 is 0.957 bits per heavy atom. The molecule has 5 rings (SSSR count). The van der Waals surface area contributed by atoms with Crippen molar-refractivity contribution in [2.24, 2.45) is 0 Å². The number of rotatable bonds is 20. The molecule has 0 aromatic heterocycles. The topological polar surface area (TPSA) is 195 Å². The molecule has 1 amide bonds. The molecule has 4 atom stereocenters. The highest BCUT2D eigenvalue weighted by Gasteiger charge is 2.22. The van der Waals surface area contributed by atoms with Gasteiger partial charge in [-0.25, -0.2) is 4.79 Å². The van der Waals surface area contributed by atoms with Crippen LogP contribution in [0.5, 0.6) is 23.0 Å². The predicted molar refractivity (Wildman–Crippen MR) is 282 cm³/mol. The number of nitrogens with one attached hydrogen (secondary N) is 4. The number of cyclic esters (lactones) is 1. The Bertz CT molecular complexity index is 1990. The summed E-state index contributed by atoms with van der Waals surface area (Å²) in [7, 11) is 8.08. The summed E-state index contributed by atoms with van der Waals surface area (Å²) in [6.45, 7) is 16.8. The first kappa shape index (κ1) is 62.6. The third kappa shape index (κ3) is 28.3. The molecular formula is C54H81BrN4O11. The van der Waals surface area contributed by atoms with Crippen LogP contribution in [-0.2, 0) is 49.5 Å². The number of benzene rings is 4. The highest BCUT2D eigenvalue weighted by atomic mass is 79.9. The van der Waals surface area contributed by atoms with E-state index in [0.29, 0.717) is 24.3 Å². The van der Waals surface area contributed by atoms with Crippen molar-refractivity contribution in [3.05, 3.63) is 119 Å². The van der Waals surface area contributed by atoms with Gasteiger partial charge in [-0.1, -0.05) is 78.3 Å². The third-order valence-corrected chi connectivity index (χ3v) is 9.70. The number of amides is 1. The van der Waals surface area contributed by atoms with Crippen LogP contribution in [0, 0.1) is 0 Å². The fourth-order valence-corrected chi connectivity index (χ4v) is 6.29. The van der Waals surface area contributed by atoms with Crippen LogP contribution in [0.2, 0.25) is 0 Å². The molecule has 0 radical (unpaired) electrons. The van der Waals surface area contributed by atoms with Crippen LogP contribution in [-0.4, -0.2) is 124 Å². The number of aliphatic hydroxyl groups excluding tert-OH is 1. The number of hydrogen-bond donors (Lipinski definition) is 6. The molecule has 1 saturated heterocycles. The number of methoxy groups -OCH3 is 2. The van der Waals surface area contributed by atoms with Gasteiger partial charge in [0.1, 0.15) is 41.7 Å². The molecular weight excluding hydrogens is 961 g/mol. The minimum absolute atomic E-state index is 0.0827. The average Bonchev–Trinajstić information content (AvgIpc) is 3.74. The minimum atomic E-state index is -0.348. The van der Waals surface area contributed by atoms with Gasteiger partial charge < -0.3 is 59.9 Å². The number of ether oxygens (including phenoxy) is 6. The first-order valence-corrected chi connectivity index (χ1v) is 24.6. The maximum absolute atomic E-state index is 11.5. The number of carbonyl (C=O) groups excluding carboxylic acids is 3. The molecule has 4 aromatic carbocycles. The van der Waals surface area contributed by atoms with Crippen molar-refractivity contribution in [1.29, 1.82) is 0 Å². The van der Waals surface area contributed by atoms with E-state index in [1.54, 1.807) is 38.4 Å². The van der Waals surface area contributed by atoms with E-state index in [-0.39, 0.29) is 72.9 Å². The lowest BCUT2D eigenvalue weighted by Crippen LogP contribution is -2.36. The number of phenols is 1. The van der Waals surface area contributed by atoms with Gasteiger partial charge in [0.15, 0.2) is 0 Å². The van der Waals surface area contributed by atoms with E-state index in [1.165, 1.54) is 19.8 Å². The molecule has 0 bridgehead atoms. The van der Waals surface area contributed by atoms with Crippen LogP contribution < -0.4 is 35.5 Å². The van der Waals surface area contributed by atoms with E-state index in [0.717, 1.165) is 46.8 Å². The largest absolute Gasteiger partial charge is 0.508 e. The first-order chi connectivity index (χ1) is 33.2. The van der Waals surface area contributed by atoms with Crippen LogP contribution in [0.3, 0.4) is 0 Å². The molecule has 6 N–H and O–H groups in total. The number of phenolic OH excluding ortho intramolecular Hbond substituents is 1. The molecule has 390 valence electrons. The number of alkyl halides is 1.